The number of aliphatic carboxylic acids is 1. The number of ether oxygens (including phenoxy) is 1. The fraction of sp³-hybridized carbons (Fsp3) is 0.444. The summed E-state index contributed by atoms with van der Waals surface area (Å²) < 4.78 is 5.89. The third kappa shape index (κ3) is 1.89. The maximum Gasteiger partial charge on any atom is 0.310 e. The van der Waals surface area contributed by atoms with Crippen molar-refractivity contribution in [2.75, 3.05) is 11.4 Å². The van der Waals surface area contributed by atoms with Gasteiger partial charge in [0.05, 0.1) is 18.6 Å². The molecule has 23 heavy (non-hydrogen) atoms. The predicted molar refractivity (Wildman–Crippen MR) is 84.2 cm³/mol. The normalized spacial score (nSPS) is 34.5. The Balaban J connectivity index is 1.67. The topological polar surface area (TPSA) is 66.8 Å². The van der Waals surface area contributed by atoms with Crippen molar-refractivity contribution in [3.8, 4) is 0 Å². The second-order valence-corrected chi connectivity index (χ2v) is 6.91. The Morgan fingerprint density at radius 2 is 2.04 bits per heavy atom. The van der Waals surface area contributed by atoms with Crippen molar-refractivity contribution >= 4 is 17.6 Å². The highest BCUT2D eigenvalue weighted by atomic mass is 16.5. The molecule has 0 unspecified atom stereocenters. The lowest BCUT2D eigenvalue weighted by Gasteiger charge is -2.21. The summed E-state index contributed by atoms with van der Waals surface area (Å²) in [6, 6.07) is 7.89. The van der Waals surface area contributed by atoms with Crippen LogP contribution in [0, 0.1) is 11.8 Å². The Hall–Kier alpha value is -2.14. The maximum atomic E-state index is 12.9. The number of fused-ring (bicyclic) bond motifs is 1. The van der Waals surface area contributed by atoms with Crippen molar-refractivity contribution in [1.29, 1.82) is 0 Å². The molecule has 0 saturated carbocycles. The Kier molecular flexibility index (Phi) is 2.94. The molecule has 5 heteroatoms. The lowest BCUT2D eigenvalue weighted by molar-refractivity contribution is -0.146. The Labute approximate surface area is 134 Å². The highest BCUT2D eigenvalue weighted by molar-refractivity contribution is 6.02. The molecule has 0 aliphatic carbocycles. The van der Waals surface area contributed by atoms with Gasteiger partial charge in [-0.3, -0.25) is 9.59 Å². The molecule has 2 fully saturated rings. The zero-order valence-electron chi connectivity index (χ0n) is 13.1. The van der Waals surface area contributed by atoms with Gasteiger partial charge in [-0.05, 0) is 23.6 Å². The van der Waals surface area contributed by atoms with E-state index in [0.29, 0.717) is 12.5 Å². The predicted octanol–water partition coefficient (Wildman–Crippen LogP) is 2.18. The number of benzene rings is 1. The molecule has 1 aromatic rings. The number of hydrogen-bond donors (Lipinski definition) is 1. The molecular weight excluding hydrogens is 294 g/mol. The molecule has 1 aromatic carbocycles. The van der Waals surface area contributed by atoms with E-state index < -0.39 is 29.5 Å². The third-order valence-electron chi connectivity index (χ3n) is 5.26. The van der Waals surface area contributed by atoms with E-state index in [1.165, 1.54) is 5.56 Å². The van der Waals surface area contributed by atoms with Gasteiger partial charge < -0.3 is 14.7 Å². The zero-order valence-corrected chi connectivity index (χ0v) is 13.1. The van der Waals surface area contributed by atoms with Crippen LogP contribution in [-0.2, 0) is 14.3 Å². The van der Waals surface area contributed by atoms with Crippen LogP contribution in [0.25, 0.3) is 0 Å². The van der Waals surface area contributed by atoms with Crippen LogP contribution in [0.1, 0.15) is 25.3 Å². The molecule has 1 spiro atoms. The number of carbonyl (C=O) groups excluding carboxylic acids is 1. The fourth-order valence-corrected chi connectivity index (χ4v) is 4.04. The van der Waals surface area contributed by atoms with Gasteiger partial charge in [0.1, 0.15) is 11.5 Å². The highest BCUT2D eigenvalue weighted by Gasteiger charge is 2.67. The summed E-state index contributed by atoms with van der Waals surface area (Å²) in [5, 5.41) is 9.47. The molecule has 4 rings (SSSR count). The van der Waals surface area contributed by atoms with Crippen molar-refractivity contribution < 1.29 is 19.4 Å². The molecule has 2 bridgehead atoms. The van der Waals surface area contributed by atoms with Crippen molar-refractivity contribution in [2.24, 2.45) is 11.8 Å². The number of hydrogen-bond acceptors (Lipinski definition) is 3. The first kappa shape index (κ1) is 14.5. The van der Waals surface area contributed by atoms with Crippen molar-refractivity contribution in [3.05, 3.63) is 42.0 Å². The second kappa shape index (κ2) is 4.68. The SMILES string of the molecule is CC(C)c1ccc(N2C[C@]34C=C[C@H](O3)[C@@H](C(=O)O)[C@@H]4C2=O)cc1. The summed E-state index contributed by atoms with van der Waals surface area (Å²) in [6.07, 6.45) is 3.18. The second-order valence-electron chi connectivity index (χ2n) is 6.91. The molecule has 0 radical (unpaired) electrons. The summed E-state index contributed by atoms with van der Waals surface area (Å²) in [6.45, 7) is 4.62. The van der Waals surface area contributed by atoms with Gasteiger partial charge in [0.15, 0.2) is 0 Å². The van der Waals surface area contributed by atoms with Crippen molar-refractivity contribution in [2.45, 2.75) is 31.5 Å². The first-order valence-electron chi connectivity index (χ1n) is 7.94. The summed E-state index contributed by atoms with van der Waals surface area (Å²) in [4.78, 5) is 26.1. The summed E-state index contributed by atoms with van der Waals surface area (Å²) in [5.74, 6) is -2.10. The Morgan fingerprint density at radius 1 is 1.35 bits per heavy atom. The summed E-state index contributed by atoms with van der Waals surface area (Å²) in [5.41, 5.74) is 1.23. The number of anilines is 1. The lowest BCUT2D eigenvalue weighted by atomic mass is 9.77. The van der Waals surface area contributed by atoms with Gasteiger partial charge in [-0.1, -0.05) is 38.1 Å². The molecule has 3 heterocycles. The molecule has 5 nitrogen and oxygen atoms in total. The highest BCUT2D eigenvalue weighted by Crippen LogP contribution is 2.52. The molecule has 1 N–H and O–H groups in total. The van der Waals surface area contributed by atoms with E-state index >= 15 is 0 Å². The molecule has 4 atom stereocenters. The van der Waals surface area contributed by atoms with Gasteiger partial charge in [-0.15, -0.1) is 0 Å². The molecule has 120 valence electrons. The van der Waals surface area contributed by atoms with Gasteiger partial charge in [0.25, 0.3) is 0 Å². The van der Waals surface area contributed by atoms with Gasteiger partial charge in [-0.25, -0.2) is 0 Å². The van der Waals surface area contributed by atoms with Crippen LogP contribution in [0.5, 0.6) is 0 Å². The number of carbonyl (C=O) groups is 2. The van der Waals surface area contributed by atoms with Crippen LogP contribution < -0.4 is 4.90 Å². The van der Waals surface area contributed by atoms with Crippen LogP contribution in [0.15, 0.2) is 36.4 Å². The average molecular weight is 313 g/mol. The zero-order chi connectivity index (χ0) is 16.4. The van der Waals surface area contributed by atoms with E-state index in [0.717, 1.165) is 5.69 Å². The van der Waals surface area contributed by atoms with Crippen molar-refractivity contribution in [3.63, 3.8) is 0 Å². The molecule has 0 aromatic heterocycles. The minimum atomic E-state index is -0.961. The van der Waals surface area contributed by atoms with E-state index in [2.05, 4.69) is 13.8 Å². The minimum absolute atomic E-state index is 0.151. The molecule has 1 amide bonds. The Bertz CT molecular complexity index is 708. The van der Waals surface area contributed by atoms with Gasteiger partial charge in [0, 0.05) is 5.69 Å². The summed E-state index contributed by atoms with van der Waals surface area (Å²) >= 11 is 0. The molecular formula is C18H19NO4. The van der Waals surface area contributed by atoms with Gasteiger partial charge in [0.2, 0.25) is 5.91 Å². The Morgan fingerprint density at radius 3 is 2.65 bits per heavy atom. The standard InChI is InChI=1S/C18H19NO4/c1-10(2)11-3-5-12(6-4-11)19-9-18-8-7-13(23-18)14(17(21)22)15(18)16(19)20/h3-8,10,13-15H,9H2,1-2H3,(H,21,22)/t13-,14+,15+,18-/m0/s1. The number of nitrogens with zero attached hydrogens (tertiary/aromatic N) is 1. The smallest absolute Gasteiger partial charge is 0.310 e. The van der Waals surface area contributed by atoms with Crippen LogP contribution >= 0.6 is 0 Å². The minimum Gasteiger partial charge on any atom is -0.481 e. The van der Waals surface area contributed by atoms with Crippen LogP contribution in [0.4, 0.5) is 5.69 Å². The number of amides is 1. The number of rotatable bonds is 3. The van der Waals surface area contributed by atoms with Crippen molar-refractivity contribution in [1.82, 2.24) is 0 Å². The average Bonchev–Trinajstić information content (AvgIpc) is 3.15. The molecule has 3 aliphatic heterocycles. The van der Waals surface area contributed by atoms with Crippen LogP contribution in [0.3, 0.4) is 0 Å². The van der Waals surface area contributed by atoms with Crippen LogP contribution in [0.2, 0.25) is 0 Å². The summed E-state index contributed by atoms with van der Waals surface area (Å²) in [7, 11) is 0. The fourth-order valence-electron chi connectivity index (χ4n) is 4.04. The lowest BCUT2D eigenvalue weighted by Crippen LogP contribution is -2.39. The largest absolute Gasteiger partial charge is 0.481 e. The van der Waals surface area contributed by atoms with Gasteiger partial charge >= 0.3 is 5.97 Å². The van der Waals surface area contributed by atoms with E-state index in [1.54, 1.807) is 11.0 Å². The first-order valence-corrected chi connectivity index (χ1v) is 7.94. The number of carboxylic acid groups (broad SMARTS) is 1. The monoisotopic (exact) mass is 313 g/mol. The quantitative estimate of drug-likeness (QED) is 0.869. The van der Waals surface area contributed by atoms with E-state index in [9.17, 15) is 14.7 Å². The maximum absolute atomic E-state index is 12.9. The van der Waals surface area contributed by atoms with E-state index in [1.807, 2.05) is 30.3 Å². The first-order chi connectivity index (χ1) is 10.9. The molecule has 3 aliphatic rings. The van der Waals surface area contributed by atoms with Crippen LogP contribution in [-0.4, -0.2) is 35.2 Å². The number of carboxylic acids is 1. The molecule has 2 saturated heterocycles. The van der Waals surface area contributed by atoms with E-state index in [4.69, 9.17) is 4.74 Å². The third-order valence-corrected chi connectivity index (χ3v) is 5.26. The van der Waals surface area contributed by atoms with E-state index in [-0.39, 0.29) is 5.91 Å². The van der Waals surface area contributed by atoms with Gasteiger partial charge in [-0.2, -0.15) is 0 Å².